The molecule has 3 atom stereocenters. The molecule has 6 rings (SSSR count). The fourth-order valence-corrected chi connectivity index (χ4v) is 7.44. The highest BCUT2D eigenvalue weighted by atomic mass is 19.4. The van der Waals surface area contributed by atoms with Crippen LogP contribution in [-0.2, 0) is 11.0 Å². The summed E-state index contributed by atoms with van der Waals surface area (Å²) in [5, 5.41) is 21.0. The number of amides is 2. The van der Waals surface area contributed by atoms with Gasteiger partial charge >= 0.3 is 6.18 Å². The van der Waals surface area contributed by atoms with E-state index in [4.69, 9.17) is 0 Å². The highest BCUT2D eigenvalue weighted by Crippen LogP contribution is 2.37. The van der Waals surface area contributed by atoms with E-state index in [-0.39, 0.29) is 30.4 Å². The molecule has 0 unspecified atom stereocenters. The van der Waals surface area contributed by atoms with Crippen molar-refractivity contribution in [1.82, 2.24) is 30.4 Å². The van der Waals surface area contributed by atoms with E-state index in [0.29, 0.717) is 36.6 Å². The second-order valence-corrected chi connectivity index (χ2v) is 14.3. The van der Waals surface area contributed by atoms with Crippen LogP contribution in [0.2, 0.25) is 0 Å². The molecule has 4 aliphatic rings. The molecule has 3 saturated carbocycles. The number of hydrogen-bond donors (Lipinski definition) is 5. The van der Waals surface area contributed by atoms with Crippen molar-refractivity contribution in [3.05, 3.63) is 41.6 Å². The summed E-state index contributed by atoms with van der Waals surface area (Å²) in [5.41, 5.74) is -0.0207. The summed E-state index contributed by atoms with van der Waals surface area (Å²) in [6.07, 6.45) is 4.55. The number of rotatable bonds is 12. The number of nitrogens with zero attached hydrogens (tertiary/aromatic N) is 4. The number of piperazine rings is 1. The maximum atomic E-state index is 13.9. The molecule has 2 aromatic rings. The summed E-state index contributed by atoms with van der Waals surface area (Å²) in [6.45, 7) is 7.27. The van der Waals surface area contributed by atoms with Crippen molar-refractivity contribution in [3.8, 4) is 0 Å². The fourth-order valence-electron chi connectivity index (χ4n) is 7.44. The quantitative estimate of drug-likeness (QED) is 0.221. The highest BCUT2D eigenvalue weighted by molar-refractivity contribution is 5.94. The minimum absolute atomic E-state index is 0.0540. The van der Waals surface area contributed by atoms with Gasteiger partial charge in [0.25, 0.3) is 5.91 Å². The SMILES string of the molecule is C[C@H](CO)NC(=O)[C@H]1CCC[C@H]1Nc1nc(Nc2ccc(C(=O)N[C@H]3CC[C@H](N4CCN(CC5CC5)CC4)CC3)cc2)ncc1C(F)(F)F. The number of nitrogens with one attached hydrogen (secondary N) is 4. The molecule has 5 N–H and O–H groups in total. The minimum atomic E-state index is -4.71. The molecule has 0 radical (unpaired) electrons. The van der Waals surface area contributed by atoms with Crippen molar-refractivity contribution in [2.24, 2.45) is 11.8 Å². The molecule has 4 fully saturated rings. The van der Waals surface area contributed by atoms with E-state index in [9.17, 15) is 27.9 Å². The molecule has 3 aliphatic carbocycles. The molecule has 1 saturated heterocycles. The van der Waals surface area contributed by atoms with Gasteiger partial charge in [0, 0.05) is 74.3 Å². The Morgan fingerprint density at radius 3 is 2.35 bits per heavy atom. The third kappa shape index (κ3) is 9.40. The van der Waals surface area contributed by atoms with Crippen LogP contribution in [0.4, 0.5) is 30.6 Å². The number of anilines is 3. The third-order valence-corrected chi connectivity index (χ3v) is 10.5. The molecule has 1 aromatic carbocycles. The number of carbonyl (C=O) groups excluding carboxylic acids is 2. The van der Waals surface area contributed by atoms with Crippen LogP contribution in [0.5, 0.6) is 0 Å². The zero-order chi connectivity index (χ0) is 34.5. The Labute approximate surface area is 285 Å². The van der Waals surface area contributed by atoms with Crippen LogP contribution in [0.1, 0.15) is 80.6 Å². The Morgan fingerprint density at radius 1 is 0.980 bits per heavy atom. The van der Waals surface area contributed by atoms with E-state index in [0.717, 1.165) is 64.0 Å². The minimum Gasteiger partial charge on any atom is -0.394 e. The predicted molar refractivity (Wildman–Crippen MR) is 180 cm³/mol. The van der Waals surface area contributed by atoms with Gasteiger partial charge in [-0.2, -0.15) is 18.2 Å². The van der Waals surface area contributed by atoms with Crippen molar-refractivity contribution < 1.29 is 27.9 Å². The van der Waals surface area contributed by atoms with E-state index < -0.39 is 35.6 Å². The number of aliphatic hydroxyl groups excluding tert-OH is 1. The van der Waals surface area contributed by atoms with E-state index in [1.54, 1.807) is 31.2 Å². The molecule has 1 aliphatic heterocycles. The first-order valence-corrected chi connectivity index (χ1v) is 17.8. The molecular formula is C35H49F3N8O3. The third-order valence-electron chi connectivity index (χ3n) is 10.5. The second-order valence-electron chi connectivity index (χ2n) is 14.3. The van der Waals surface area contributed by atoms with Gasteiger partial charge in [0.05, 0.1) is 12.5 Å². The molecule has 11 nitrogen and oxygen atoms in total. The lowest BCUT2D eigenvalue weighted by molar-refractivity contribution is -0.137. The Balaban J connectivity index is 1.01. The van der Waals surface area contributed by atoms with Crippen LogP contribution in [0, 0.1) is 11.8 Å². The molecule has 14 heteroatoms. The molecule has 1 aromatic heterocycles. The van der Waals surface area contributed by atoms with Gasteiger partial charge in [0.2, 0.25) is 11.9 Å². The van der Waals surface area contributed by atoms with Crippen molar-refractivity contribution in [1.29, 1.82) is 0 Å². The molecule has 0 bridgehead atoms. The zero-order valence-electron chi connectivity index (χ0n) is 28.1. The van der Waals surface area contributed by atoms with E-state index in [1.165, 1.54) is 19.4 Å². The van der Waals surface area contributed by atoms with E-state index in [2.05, 4.69) is 41.0 Å². The van der Waals surface area contributed by atoms with Gasteiger partial charge in [-0.25, -0.2) is 4.98 Å². The Bertz CT molecular complexity index is 1420. The van der Waals surface area contributed by atoms with Gasteiger partial charge in [0.15, 0.2) is 0 Å². The fraction of sp³-hybridized carbons (Fsp3) is 0.657. The van der Waals surface area contributed by atoms with Crippen molar-refractivity contribution in [2.45, 2.75) is 95.1 Å². The van der Waals surface area contributed by atoms with Crippen LogP contribution in [0.25, 0.3) is 0 Å². The predicted octanol–water partition coefficient (Wildman–Crippen LogP) is 4.39. The highest BCUT2D eigenvalue weighted by Gasteiger charge is 2.39. The maximum Gasteiger partial charge on any atom is 0.421 e. The summed E-state index contributed by atoms with van der Waals surface area (Å²) >= 11 is 0. The number of aromatic nitrogens is 2. The van der Waals surface area contributed by atoms with Gasteiger partial charge in [-0.1, -0.05) is 6.42 Å². The van der Waals surface area contributed by atoms with Crippen molar-refractivity contribution >= 4 is 29.3 Å². The first kappa shape index (κ1) is 35.3. The number of aliphatic hydroxyl groups is 1. The van der Waals surface area contributed by atoms with Crippen LogP contribution in [0.15, 0.2) is 30.5 Å². The molecular weight excluding hydrogens is 637 g/mol. The maximum absolute atomic E-state index is 13.9. The van der Waals surface area contributed by atoms with Crippen molar-refractivity contribution in [2.75, 3.05) is 50.0 Å². The normalized spacial score (nSPS) is 25.8. The number of alkyl halides is 3. The number of carbonyl (C=O) groups is 2. The van der Waals surface area contributed by atoms with E-state index >= 15 is 0 Å². The summed E-state index contributed by atoms with van der Waals surface area (Å²) in [5.74, 6) is -0.560. The molecule has 0 spiro atoms. The summed E-state index contributed by atoms with van der Waals surface area (Å²) in [4.78, 5) is 39.1. The van der Waals surface area contributed by atoms with E-state index in [1.807, 2.05) is 0 Å². The molecule has 268 valence electrons. The Morgan fingerprint density at radius 2 is 1.69 bits per heavy atom. The summed E-state index contributed by atoms with van der Waals surface area (Å²) in [6, 6.07) is 6.38. The standard InChI is InChI=1S/C35H49F3N8O3/c1-22(21-47)40-33(49)28-3-2-4-30(28)43-31-29(35(36,37)38)19-39-34(44-31)42-26-9-7-24(8-10-26)32(48)41-25-11-13-27(14-12-25)46-17-15-45(16-18-46)20-23-5-6-23/h7-10,19,22-23,25,27-28,30,47H,2-6,11-18,20-21H2,1H3,(H,40,49)(H,41,48)(H2,39,42,43,44)/t22-,25-,27-,28+,30-/m1/s1. The average molecular weight is 687 g/mol. The summed E-state index contributed by atoms with van der Waals surface area (Å²) in [7, 11) is 0. The number of benzene rings is 1. The van der Waals surface area contributed by atoms with Gasteiger partial charge in [-0.15, -0.1) is 0 Å². The second kappa shape index (κ2) is 15.6. The lowest BCUT2D eigenvalue weighted by Gasteiger charge is -2.42. The average Bonchev–Trinajstić information content (AvgIpc) is 3.78. The van der Waals surface area contributed by atoms with Gasteiger partial charge in [0.1, 0.15) is 11.4 Å². The Kier molecular flexibility index (Phi) is 11.2. The lowest BCUT2D eigenvalue weighted by Crippen LogP contribution is -2.52. The Hall–Kier alpha value is -3.49. The monoisotopic (exact) mass is 686 g/mol. The molecule has 49 heavy (non-hydrogen) atoms. The number of halogens is 3. The zero-order valence-corrected chi connectivity index (χ0v) is 28.1. The topological polar surface area (TPSA) is 135 Å². The first-order chi connectivity index (χ1) is 23.6. The molecule has 2 heterocycles. The lowest BCUT2D eigenvalue weighted by atomic mass is 9.89. The molecule has 2 amide bonds. The largest absolute Gasteiger partial charge is 0.421 e. The van der Waals surface area contributed by atoms with Gasteiger partial charge in [-0.05, 0) is 88.5 Å². The van der Waals surface area contributed by atoms with Gasteiger partial charge < -0.3 is 31.3 Å². The van der Waals surface area contributed by atoms with Crippen LogP contribution in [0.3, 0.4) is 0 Å². The van der Waals surface area contributed by atoms with Gasteiger partial charge in [-0.3, -0.25) is 14.5 Å². The van der Waals surface area contributed by atoms with Crippen LogP contribution < -0.4 is 21.3 Å². The van der Waals surface area contributed by atoms with Crippen molar-refractivity contribution in [3.63, 3.8) is 0 Å². The smallest absolute Gasteiger partial charge is 0.394 e. The van der Waals surface area contributed by atoms with Crippen LogP contribution in [-0.4, -0.2) is 100 Å². The number of hydrogen-bond acceptors (Lipinski definition) is 9. The van der Waals surface area contributed by atoms with Crippen LogP contribution >= 0.6 is 0 Å². The summed E-state index contributed by atoms with van der Waals surface area (Å²) < 4.78 is 41.7. The first-order valence-electron chi connectivity index (χ1n) is 17.8.